The Morgan fingerprint density at radius 3 is 1.68 bits per heavy atom. The summed E-state index contributed by atoms with van der Waals surface area (Å²) < 4.78 is 31.9. The van der Waals surface area contributed by atoms with E-state index in [1.807, 2.05) is 27.7 Å². The zero-order chi connectivity index (χ0) is 27.1. The molecule has 6 heteroatoms. The van der Waals surface area contributed by atoms with E-state index in [1.165, 1.54) is 10.4 Å². The summed E-state index contributed by atoms with van der Waals surface area (Å²) in [5, 5.41) is 2.47. The maximum absolute atomic E-state index is 7.57. The molecule has 1 aliphatic rings. The van der Waals surface area contributed by atoms with Crippen LogP contribution in [-0.2, 0) is 23.4 Å². The first kappa shape index (κ1) is 30.0. The van der Waals surface area contributed by atoms with E-state index in [9.17, 15) is 0 Å². The summed E-state index contributed by atoms with van der Waals surface area (Å²) in [4.78, 5) is 0. The van der Waals surface area contributed by atoms with Gasteiger partial charge in [0.15, 0.2) is 12.6 Å². The fourth-order valence-electron chi connectivity index (χ4n) is 5.71. The lowest BCUT2D eigenvalue weighted by Gasteiger charge is -2.49. The fourth-order valence-corrected chi connectivity index (χ4v) is 10.5. The van der Waals surface area contributed by atoms with Crippen LogP contribution in [0.5, 0.6) is 0 Å². The summed E-state index contributed by atoms with van der Waals surface area (Å²) in [5.41, 5.74) is 0. The molecule has 3 rings (SSSR count). The van der Waals surface area contributed by atoms with Gasteiger partial charge in [-0.05, 0) is 49.5 Å². The topological polar surface area (TPSA) is 46.2 Å². The number of hydrogen-bond acceptors (Lipinski definition) is 5. The maximum atomic E-state index is 7.57. The van der Waals surface area contributed by atoms with Crippen LogP contribution in [0, 0.1) is 5.92 Å². The lowest BCUT2D eigenvalue weighted by Crippen LogP contribution is -2.69. The lowest BCUT2D eigenvalue weighted by molar-refractivity contribution is -0.221. The van der Waals surface area contributed by atoms with Crippen LogP contribution < -0.4 is 10.4 Å². The van der Waals surface area contributed by atoms with E-state index >= 15 is 0 Å². The van der Waals surface area contributed by atoms with Crippen LogP contribution in [0.1, 0.15) is 68.2 Å². The first-order chi connectivity index (χ1) is 17.6. The molecule has 0 N–H and O–H groups in total. The Labute approximate surface area is 225 Å². The van der Waals surface area contributed by atoms with Crippen molar-refractivity contribution in [3.05, 3.63) is 60.7 Å². The molecule has 4 unspecified atom stereocenters. The van der Waals surface area contributed by atoms with Crippen molar-refractivity contribution in [2.75, 3.05) is 13.2 Å². The molecule has 0 radical (unpaired) electrons. The molecule has 0 spiro atoms. The van der Waals surface area contributed by atoms with Crippen LogP contribution in [-0.4, -0.2) is 52.4 Å². The third kappa shape index (κ3) is 7.31. The standard InChI is InChI=1S/C31H48O5Si/c1-9-32-24(4)34-26-21-29(35-25(5)33-10-2)23(3)30(22-26)36-37(31(6,7)8,27-17-13-11-14-18-27)28-19-15-12-16-20-28/h11-20,23-26,29-30H,9-10,21-22H2,1-8H3/t23?,24?,25?,26-,29-,30?/m0/s1. The van der Waals surface area contributed by atoms with Crippen molar-refractivity contribution in [2.24, 2.45) is 5.92 Å². The normalized spacial score (nSPS) is 24.5. The zero-order valence-corrected chi connectivity index (χ0v) is 25.1. The van der Waals surface area contributed by atoms with Gasteiger partial charge in [-0.3, -0.25) is 0 Å². The summed E-state index contributed by atoms with van der Waals surface area (Å²) in [6.45, 7) is 18.4. The zero-order valence-electron chi connectivity index (χ0n) is 24.1. The van der Waals surface area contributed by atoms with Gasteiger partial charge in [-0.1, -0.05) is 88.4 Å². The van der Waals surface area contributed by atoms with Gasteiger partial charge in [-0.25, -0.2) is 0 Å². The SMILES string of the molecule is CCOC(C)O[C@@H]1CC(O[Si](c2ccccc2)(c2ccccc2)C(C)(C)C)C(C)[C@@H](OC(C)OCC)C1. The minimum absolute atomic E-state index is 0.0280. The van der Waals surface area contributed by atoms with Gasteiger partial charge in [-0.15, -0.1) is 0 Å². The minimum atomic E-state index is -2.72. The number of benzene rings is 2. The van der Waals surface area contributed by atoms with E-state index in [0.29, 0.717) is 13.2 Å². The predicted octanol–water partition coefficient (Wildman–Crippen LogP) is 5.90. The van der Waals surface area contributed by atoms with Crippen LogP contribution >= 0.6 is 0 Å². The largest absolute Gasteiger partial charge is 0.404 e. The monoisotopic (exact) mass is 528 g/mol. The predicted molar refractivity (Wildman–Crippen MR) is 153 cm³/mol. The fraction of sp³-hybridized carbons (Fsp3) is 0.613. The van der Waals surface area contributed by atoms with E-state index in [4.69, 9.17) is 23.4 Å². The quantitative estimate of drug-likeness (QED) is 0.254. The Morgan fingerprint density at radius 1 is 0.757 bits per heavy atom. The first-order valence-corrected chi connectivity index (χ1v) is 15.9. The molecule has 1 fully saturated rings. The van der Waals surface area contributed by atoms with Gasteiger partial charge in [0, 0.05) is 25.6 Å². The van der Waals surface area contributed by atoms with E-state index in [1.54, 1.807) is 0 Å². The van der Waals surface area contributed by atoms with Crippen molar-refractivity contribution in [3.8, 4) is 0 Å². The Hall–Kier alpha value is -1.54. The van der Waals surface area contributed by atoms with E-state index < -0.39 is 8.32 Å². The summed E-state index contributed by atoms with van der Waals surface area (Å²) in [5.74, 6) is 0.173. The van der Waals surface area contributed by atoms with Crippen LogP contribution in [0.4, 0.5) is 0 Å². The van der Waals surface area contributed by atoms with Gasteiger partial charge >= 0.3 is 0 Å². The molecule has 5 nitrogen and oxygen atoms in total. The van der Waals surface area contributed by atoms with Crippen LogP contribution in [0.25, 0.3) is 0 Å². The molecule has 2 aromatic rings. The van der Waals surface area contributed by atoms with Crippen molar-refractivity contribution < 1.29 is 23.4 Å². The average Bonchev–Trinajstić information content (AvgIpc) is 2.85. The average molecular weight is 529 g/mol. The maximum Gasteiger partial charge on any atom is 0.261 e. The van der Waals surface area contributed by atoms with Gasteiger partial charge < -0.3 is 23.4 Å². The van der Waals surface area contributed by atoms with Crippen molar-refractivity contribution in [2.45, 2.75) is 104 Å². The summed E-state index contributed by atoms with van der Waals surface area (Å²) >= 11 is 0. The molecule has 0 amide bonds. The molecule has 0 aromatic heterocycles. The summed E-state index contributed by atoms with van der Waals surface area (Å²) in [6.07, 6.45) is 0.911. The van der Waals surface area contributed by atoms with E-state index in [0.717, 1.165) is 12.8 Å². The Balaban J connectivity index is 2.04. The third-order valence-corrected chi connectivity index (χ3v) is 12.5. The number of hydrogen-bond donors (Lipinski definition) is 0. The highest BCUT2D eigenvalue weighted by Crippen LogP contribution is 2.41. The van der Waals surface area contributed by atoms with Crippen LogP contribution in [0.3, 0.4) is 0 Å². The second-order valence-electron chi connectivity index (χ2n) is 11.1. The Kier molecular flexibility index (Phi) is 10.9. The molecular formula is C31H48O5Si. The highest BCUT2D eigenvalue weighted by Gasteiger charge is 2.53. The van der Waals surface area contributed by atoms with Gasteiger partial charge in [0.05, 0.1) is 18.3 Å². The van der Waals surface area contributed by atoms with Gasteiger partial charge in [0.2, 0.25) is 0 Å². The molecular weight excluding hydrogens is 480 g/mol. The Morgan fingerprint density at radius 2 is 1.22 bits per heavy atom. The van der Waals surface area contributed by atoms with Crippen molar-refractivity contribution in [3.63, 3.8) is 0 Å². The molecule has 206 valence electrons. The minimum Gasteiger partial charge on any atom is -0.404 e. The highest BCUT2D eigenvalue weighted by atomic mass is 28.4. The summed E-state index contributed by atoms with van der Waals surface area (Å²) in [7, 11) is -2.72. The highest BCUT2D eigenvalue weighted by molar-refractivity contribution is 6.99. The third-order valence-electron chi connectivity index (χ3n) is 7.46. The molecule has 1 aliphatic carbocycles. The van der Waals surface area contributed by atoms with Crippen molar-refractivity contribution in [1.82, 2.24) is 0 Å². The summed E-state index contributed by atoms with van der Waals surface area (Å²) in [6, 6.07) is 21.7. The molecule has 0 saturated heterocycles. The first-order valence-electron chi connectivity index (χ1n) is 13.9. The number of ether oxygens (including phenoxy) is 4. The van der Waals surface area contributed by atoms with Gasteiger partial charge in [0.25, 0.3) is 8.32 Å². The van der Waals surface area contributed by atoms with Crippen molar-refractivity contribution in [1.29, 1.82) is 0 Å². The Bertz CT molecular complexity index is 877. The van der Waals surface area contributed by atoms with Gasteiger partial charge in [-0.2, -0.15) is 0 Å². The smallest absolute Gasteiger partial charge is 0.261 e. The molecule has 1 saturated carbocycles. The van der Waals surface area contributed by atoms with E-state index in [-0.39, 0.29) is 41.8 Å². The molecule has 6 atom stereocenters. The molecule has 0 heterocycles. The van der Waals surface area contributed by atoms with Crippen molar-refractivity contribution >= 4 is 18.7 Å². The lowest BCUT2D eigenvalue weighted by atomic mass is 9.83. The van der Waals surface area contributed by atoms with Crippen LogP contribution in [0.15, 0.2) is 60.7 Å². The second-order valence-corrected chi connectivity index (χ2v) is 15.4. The molecule has 37 heavy (non-hydrogen) atoms. The van der Waals surface area contributed by atoms with Crippen LogP contribution in [0.2, 0.25) is 5.04 Å². The number of rotatable bonds is 12. The second kappa shape index (κ2) is 13.5. The molecule has 2 aromatic carbocycles. The molecule has 0 bridgehead atoms. The van der Waals surface area contributed by atoms with Gasteiger partial charge in [0.1, 0.15) is 0 Å². The van der Waals surface area contributed by atoms with E-state index in [2.05, 4.69) is 88.4 Å². The molecule has 0 aliphatic heterocycles.